The standard InChI is InChI=1S/C29H27Cl2N7O3/c1-15-12-18(16(2)33-20-4-6-24(31)35-26(20)29(40)41)25-19(13-15)28(39)37(3)27(36-25)17-8-10-38(11-9-17)22-5-7-23(30)34-21(22)14-32/h4-7,12-13,16-17,33H,8-11H2,1-3H3,(H,40,41). The number of piperidine rings is 1. The molecular formula is C29H27Cl2N7O3. The average Bonchev–Trinajstić information content (AvgIpc) is 2.95. The van der Waals surface area contributed by atoms with E-state index < -0.39 is 12.0 Å². The first-order valence-electron chi connectivity index (χ1n) is 13.1. The molecule has 0 aliphatic carbocycles. The zero-order valence-electron chi connectivity index (χ0n) is 22.7. The topological polar surface area (TPSA) is 137 Å². The van der Waals surface area contributed by atoms with Crippen molar-refractivity contribution < 1.29 is 9.90 Å². The van der Waals surface area contributed by atoms with E-state index in [-0.39, 0.29) is 33.2 Å². The number of carboxylic acid groups (broad SMARTS) is 1. The van der Waals surface area contributed by atoms with E-state index in [1.807, 2.05) is 32.0 Å². The molecule has 0 bridgehead atoms. The normalized spacial score (nSPS) is 14.6. The summed E-state index contributed by atoms with van der Waals surface area (Å²) in [5, 5.41) is 23.2. The second-order valence-electron chi connectivity index (χ2n) is 10.2. The van der Waals surface area contributed by atoms with E-state index in [0.717, 1.165) is 29.7 Å². The van der Waals surface area contributed by atoms with Crippen molar-refractivity contribution in [2.75, 3.05) is 23.3 Å². The van der Waals surface area contributed by atoms with Crippen LogP contribution < -0.4 is 15.8 Å². The van der Waals surface area contributed by atoms with Crippen LogP contribution in [0.1, 0.15) is 64.9 Å². The van der Waals surface area contributed by atoms with Gasteiger partial charge in [-0.1, -0.05) is 29.3 Å². The van der Waals surface area contributed by atoms with E-state index in [4.69, 9.17) is 28.2 Å². The fourth-order valence-corrected chi connectivity index (χ4v) is 5.73. The number of carboxylic acids is 1. The number of fused-ring (bicyclic) bond motifs is 1. The van der Waals surface area contributed by atoms with Crippen molar-refractivity contribution in [3.05, 3.63) is 85.4 Å². The smallest absolute Gasteiger partial charge is 0.356 e. The van der Waals surface area contributed by atoms with Gasteiger partial charge in [0.15, 0.2) is 11.4 Å². The Kier molecular flexibility index (Phi) is 7.84. The lowest BCUT2D eigenvalue weighted by Gasteiger charge is -2.34. The van der Waals surface area contributed by atoms with E-state index in [1.165, 1.54) is 6.07 Å². The van der Waals surface area contributed by atoms with Gasteiger partial charge in [0.05, 0.1) is 28.3 Å². The third kappa shape index (κ3) is 5.56. The number of aromatic carboxylic acids is 1. The molecule has 2 N–H and O–H groups in total. The number of carbonyl (C=O) groups is 1. The summed E-state index contributed by atoms with van der Waals surface area (Å²) in [6, 6.07) is 12.1. The van der Waals surface area contributed by atoms with Crippen LogP contribution in [0.15, 0.2) is 41.2 Å². The molecule has 4 aromatic rings. The first-order chi connectivity index (χ1) is 19.6. The van der Waals surface area contributed by atoms with Crippen LogP contribution in [0.3, 0.4) is 0 Å². The molecule has 10 nitrogen and oxygen atoms in total. The van der Waals surface area contributed by atoms with Crippen LogP contribution >= 0.6 is 23.2 Å². The van der Waals surface area contributed by atoms with Gasteiger partial charge in [0.25, 0.3) is 5.56 Å². The minimum absolute atomic E-state index is 0.0237. The maximum absolute atomic E-state index is 13.6. The first kappa shape index (κ1) is 28.3. The maximum atomic E-state index is 13.6. The van der Waals surface area contributed by atoms with Crippen molar-refractivity contribution in [1.29, 1.82) is 5.26 Å². The molecule has 1 atom stereocenters. The van der Waals surface area contributed by atoms with Gasteiger partial charge < -0.3 is 15.3 Å². The van der Waals surface area contributed by atoms with Gasteiger partial charge in [0.1, 0.15) is 22.2 Å². The van der Waals surface area contributed by atoms with Crippen LogP contribution in [0.4, 0.5) is 11.4 Å². The van der Waals surface area contributed by atoms with Gasteiger partial charge in [-0.25, -0.2) is 19.7 Å². The molecular weight excluding hydrogens is 565 g/mol. The number of nitrogens with one attached hydrogen (secondary N) is 1. The molecule has 1 aromatic carbocycles. The Morgan fingerprint density at radius 2 is 1.80 bits per heavy atom. The Bertz CT molecular complexity index is 1780. The highest BCUT2D eigenvalue weighted by Gasteiger charge is 2.27. The summed E-state index contributed by atoms with van der Waals surface area (Å²) in [6.45, 7) is 5.12. The molecule has 0 saturated carbocycles. The Hall–Kier alpha value is -4.20. The molecule has 1 aliphatic rings. The summed E-state index contributed by atoms with van der Waals surface area (Å²) in [5.74, 6) is -0.489. The van der Waals surface area contributed by atoms with Crippen molar-refractivity contribution >= 4 is 51.4 Å². The molecule has 4 heterocycles. The second kappa shape index (κ2) is 11.4. The van der Waals surface area contributed by atoms with Crippen LogP contribution in [-0.4, -0.2) is 43.7 Å². The number of aromatic nitrogens is 4. The lowest BCUT2D eigenvalue weighted by Crippen LogP contribution is -2.36. The molecule has 41 heavy (non-hydrogen) atoms. The summed E-state index contributed by atoms with van der Waals surface area (Å²) in [4.78, 5) is 40.6. The highest BCUT2D eigenvalue weighted by atomic mass is 35.5. The van der Waals surface area contributed by atoms with Crippen LogP contribution in [0.25, 0.3) is 10.9 Å². The third-order valence-electron chi connectivity index (χ3n) is 7.44. The number of hydrogen-bond donors (Lipinski definition) is 2. The molecule has 1 unspecified atom stereocenters. The SMILES string of the molecule is Cc1cc(C(C)Nc2ccc(Cl)nc2C(=O)O)c2nc(C3CCN(c4ccc(Cl)nc4C#N)CC3)n(C)c(=O)c2c1. The molecule has 1 fully saturated rings. The van der Waals surface area contributed by atoms with Crippen molar-refractivity contribution in [1.82, 2.24) is 19.5 Å². The number of benzene rings is 1. The van der Waals surface area contributed by atoms with E-state index in [2.05, 4.69) is 26.3 Å². The van der Waals surface area contributed by atoms with E-state index in [1.54, 1.807) is 23.7 Å². The predicted molar refractivity (Wildman–Crippen MR) is 158 cm³/mol. The van der Waals surface area contributed by atoms with Crippen molar-refractivity contribution in [2.24, 2.45) is 7.05 Å². The number of nitrogens with zero attached hydrogens (tertiary/aromatic N) is 6. The van der Waals surface area contributed by atoms with Crippen molar-refractivity contribution in [2.45, 2.75) is 38.6 Å². The molecule has 0 spiro atoms. The van der Waals surface area contributed by atoms with Gasteiger partial charge >= 0.3 is 5.97 Å². The summed E-state index contributed by atoms with van der Waals surface area (Å²) in [7, 11) is 1.75. The average molecular weight is 592 g/mol. The monoisotopic (exact) mass is 591 g/mol. The summed E-state index contributed by atoms with van der Waals surface area (Å²) < 4.78 is 1.63. The number of hydrogen-bond acceptors (Lipinski definition) is 8. The summed E-state index contributed by atoms with van der Waals surface area (Å²) >= 11 is 11.9. The molecule has 5 rings (SSSR count). The van der Waals surface area contributed by atoms with Gasteiger partial charge in [0.2, 0.25) is 0 Å². The maximum Gasteiger partial charge on any atom is 0.356 e. The quantitative estimate of drug-likeness (QED) is 0.280. The minimum Gasteiger partial charge on any atom is -0.476 e. The second-order valence-corrected chi connectivity index (χ2v) is 10.9. The first-order valence-corrected chi connectivity index (χ1v) is 13.8. The number of rotatable bonds is 6. The van der Waals surface area contributed by atoms with Gasteiger partial charge in [0, 0.05) is 31.6 Å². The van der Waals surface area contributed by atoms with Crippen LogP contribution in [0, 0.1) is 18.3 Å². The number of halogens is 2. The molecule has 3 aromatic heterocycles. The van der Waals surface area contributed by atoms with E-state index in [9.17, 15) is 20.0 Å². The predicted octanol–water partition coefficient (Wildman–Crippen LogP) is 5.47. The fourth-order valence-electron chi connectivity index (χ4n) is 5.43. The molecule has 210 valence electrons. The molecule has 0 amide bonds. The zero-order chi connectivity index (χ0) is 29.4. The Balaban J connectivity index is 1.49. The van der Waals surface area contributed by atoms with E-state index in [0.29, 0.717) is 35.5 Å². The highest BCUT2D eigenvalue weighted by molar-refractivity contribution is 6.29. The number of aryl methyl sites for hydroxylation is 1. The van der Waals surface area contributed by atoms with Crippen molar-refractivity contribution in [3.8, 4) is 6.07 Å². The minimum atomic E-state index is -1.20. The molecule has 0 radical (unpaired) electrons. The van der Waals surface area contributed by atoms with Gasteiger partial charge in [-0.3, -0.25) is 9.36 Å². The summed E-state index contributed by atoms with van der Waals surface area (Å²) in [6.07, 6.45) is 1.46. The summed E-state index contributed by atoms with van der Waals surface area (Å²) in [5.41, 5.74) is 3.25. The van der Waals surface area contributed by atoms with Gasteiger partial charge in [-0.15, -0.1) is 0 Å². The third-order valence-corrected chi connectivity index (χ3v) is 7.86. The van der Waals surface area contributed by atoms with E-state index >= 15 is 0 Å². The number of pyridine rings is 2. The number of nitriles is 1. The molecule has 12 heteroatoms. The lowest BCUT2D eigenvalue weighted by atomic mass is 9.94. The Labute approximate surface area is 246 Å². The van der Waals surface area contributed by atoms with Gasteiger partial charge in [-0.05, 0) is 62.6 Å². The number of anilines is 2. The zero-order valence-corrected chi connectivity index (χ0v) is 24.2. The van der Waals surface area contributed by atoms with Gasteiger partial charge in [-0.2, -0.15) is 5.26 Å². The van der Waals surface area contributed by atoms with Crippen LogP contribution in [-0.2, 0) is 7.05 Å². The lowest BCUT2D eigenvalue weighted by molar-refractivity contribution is 0.0691. The fraction of sp³-hybridized carbons (Fsp3) is 0.310. The largest absolute Gasteiger partial charge is 0.476 e. The van der Waals surface area contributed by atoms with Crippen LogP contribution in [0.5, 0.6) is 0 Å². The Morgan fingerprint density at radius 1 is 1.12 bits per heavy atom. The Morgan fingerprint density at radius 3 is 2.49 bits per heavy atom. The van der Waals surface area contributed by atoms with Crippen molar-refractivity contribution in [3.63, 3.8) is 0 Å². The molecule has 1 saturated heterocycles. The van der Waals surface area contributed by atoms with Crippen LogP contribution in [0.2, 0.25) is 10.3 Å². The molecule has 1 aliphatic heterocycles. The highest BCUT2D eigenvalue weighted by Crippen LogP contribution is 2.33.